The van der Waals surface area contributed by atoms with Crippen LogP contribution < -0.4 is 14.9 Å². The molecule has 0 aliphatic carbocycles. The van der Waals surface area contributed by atoms with E-state index in [9.17, 15) is 30.8 Å². The standard InChI is InChI=1S/C23H24FN3O6S2/c1-13(2)8-9-27-19-7-4-14(24)10-16(19)22(28)21(23(27)29)18-12-35(32,33)20-11-15(26-34(3,30)31)5-6-17(20)25-18/h4-7,10-13,21,25-26H,8-9H2,1-3H3. The molecule has 4 rings (SSSR count). The molecule has 0 saturated carbocycles. The van der Waals surface area contributed by atoms with Crippen molar-refractivity contribution >= 4 is 48.6 Å². The first kappa shape index (κ1) is 24.9. The maximum atomic E-state index is 14.0. The predicted molar refractivity (Wildman–Crippen MR) is 130 cm³/mol. The molecule has 2 aromatic rings. The third-order valence-corrected chi connectivity index (χ3v) is 7.81. The van der Waals surface area contributed by atoms with Gasteiger partial charge >= 0.3 is 0 Å². The van der Waals surface area contributed by atoms with Crippen molar-refractivity contribution in [1.82, 2.24) is 0 Å². The van der Waals surface area contributed by atoms with Gasteiger partial charge in [0, 0.05) is 23.5 Å². The molecule has 12 heteroatoms. The van der Waals surface area contributed by atoms with E-state index in [-0.39, 0.29) is 45.7 Å². The highest BCUT2D eigenvalue weighted by molar-refractivity contribution is 7.94. The Morgan fingerprint density at radius 2 is 1.86 bits per heavy atom. The van der Waals surface area contributed by atoms with Gasteiger partial charge in [0.15, 0.2) is 5.78 Å². The summed E-state index contributed by atoms with van der Waals surface area (Å²) in [6, 6.07) is 7.44. The normalized spacial score (nSPS) is 19.1. The van der Waals surface area contributed by atoms with Gasteiger partial charge in [0.2, 0.25) is 25.8 Å². The minimum Gasteiger partial charge on any atom is -0.356 e. The summed E-state index contributed by atoms with van der Waals surface area (Å²) in [6.45, 7) is 4.23. The lowest BCUT2D eigenvalue weighted by Gasteiger charge is -2.35. The quantitative estimate of drug-likeness (QED) is 0.559. The summed E-state index contributed by atoms with van der Waals surface area (Å²) < 4.78 is 65.4. The molecular weight excluding hydrogens is 497 g/mol. The number of amides is 1. The fraction of sp³-hybridized carbons (Fsp3) is 0.304. The Kier molecular flexibility index (Phi) is 6.22. The minimum atomic E-state index is -4.15. The molecule has 35 heavy (non-hydrogen) atoms. The molecular formula is C23H24FN3O6S2. The van der Waals surface area contributed by atoms with Gasteiger partial charge in [0.1, 0.15) is 11.7 Å². The Bertz CT molecular complexity index is 1480. The van der Waals surface area contributed by atoms with Crippen LogP contribution in [0.1, 0.15) is 30.6 Å². The van der Waals surface area contributed by atoms with Gasteiger partial charge in [-0.1, -0.05) is 13.8 Å². The van der Waals surface area contributed by atoms with Gasteiger partial charge in [-0.15, -0.1) is 0 Å². The van der Waals surface area contributed by atoms with Crippen LogP contribution in [-0.2, 0) is 24.7 Å². The highest BCUT2D eigenvalue weighted by Gasteiger charge is 2.43. The van der Waals surface area contributed by atoms with Crippen LogP contribution in [-0.4, -0.2) is 41.3 Å². The van der Waals surface area contributed by atoms with Crippen LogP contribution in [0, 0.1) is 17.7 Å². The second-order valence-corrected chi connectivity index (χ2v) is 12.5. The Morgan fingerprint density at radius 1 is 1.14 bits per heavy atom. The van der Waals surface area contributed by atoms with Crippen LogP contribution in [0.15, 0.2) is 52.4 Å². The zero-order chi connectivity index (χ0) is 25.7. The maximum absolute atomic E-state index is 14.0. The number of rotatable bonds is 6. The van der Waals surface area contributed by atoms with E-state index in [4.69, 9.17) is 0 Å². The number of sulfone groups is 1. The van der Waals surface area contributed by atoms with Gasteiger partial charge in [-0.3, -0.25) is 14.3 Å². The third-order valence-electron chi connectivity index (χ3n) is 5.68. The molecule has 0 saturated heterocycles. The number of halogens is 1. The number of hydrogen-bond acceptors (Lipinski definition) is 7. The number of nitrogens with one attached hydrogen (secondary N) is 2. The number of ketones is 1. The van der Waals surface area contributed by atoms with Gasteiger partial charge in [-0.2, -0.15) is 0 Å². The van der Waals surface area contributed by atoms with Crippen molar-refractivity contribution < 1.29 is 30.8 Å². The zero-order valence-electron chi connectivity index (χ0n) is 19.2. The van der Waals surface area contributed by atoms with E-state index >= 15 is 0 Å². The molecule has 2 aliphatic rings. The van der Waals surface area contributed by atoms with Gasteiger partial charge in [0.25, 0.3) is 0 Å². The fourth-order valence-corrected chi connectivity index (χ4v) is 6.00. The fourth-order valence-electron chi connectivity index (χ4n) is 4.07. The molecule has 1 amide bonds. The molecule has 0 spiro atoms. The van der Waals surface area contributed by atoms with Gasteiger partial charge in [-0.05, 0) is 48.7 Å². The van der Waals surface area contributed by atoms with Crippen LogP contribution in [0.3, 0.4) is 0 Å². The van der Waals surface area contributed by atoms with Crippen molar-refractivity contribution in [3.05, 3.63) is 58.9 Å². The molecule has 1 atom stereocenters. The van der Waals surface area contributed by atoms with Crippen LogP contribution >= 0.6 is 0 Å². The van der Waals surface area contributed by atoms with E-state index in [0.717, 1.165) is 23.8 Å². The summed E-state index contributed by atoms with van der Waals surface area (Å²) in [6.07, 6.45) is 1.55. The second-order valence-electron chi connectivity index (χ2n) is 8.96. The molecule has 9 nitrogen and oxygen atoms in total. The number of anilines is 3. The van der Waals surface area contributed by atoms with Crippen molar-refractivity contribution in [2.24, 2.45) is 11.8 Å². The van der Waals surface area contributed by atoms with E-state index in [1.807, 2.05) is 13.8 Å². The third kappa shape index (κ3) is 4.94. The van der Waals surface area contributed by atoms with Gasteiger partial charge in [-0.25, -0.2) is 21.2 Å². The topological polar surface area (TPSA) is 130 Å². The van der Waals surface area contributed by atoms with Gasteiger partial charge in [0.05, 0.1) is 27.9 Å². The predicted octanol–water partition coefficient (Wildman–Crippen LogP) is 3.13. The lowest BCUT2D eigenvalue weighted by molar-refractivity contribution is -0.120. The van der Waals surface area contributed by atoms with E-state index < -0.39 is 43.3 Å². The van der Waals surface area contributed by atoms with Crippen molar-refractivity contribution in [3.8, 4) is 0 Å². The second kappa shape index (κ2) is 8.76. The first-order valence-corrected chi connectivity index (χ1v) is 14.2. The number of carbonyl (C=O) groups excluding carboxylic acids is 2. The average Bonchev–Trinajstić information content (AvgIpc) is 2.73. The Balaban J connectivity index is 1.77. The van der Waals surface area contributed by atoms with Crippen LogP contribution in [0.25, 0.3) is 0 Å². The van der Waals surface area contributed by atoms with Crippen LogP contribution in [0.5, 0.6) is 0 Å². The Morgan fingerprint density at radius 3 is 2.51 bits per heavy atom. The summed E-state index contributed by atoms with van der Waals surface area (Å²) in [5, 5.41) is 3.64. The summed E-state index contributed by atoms with van der Waals surface area (Å²) in [5.74, 6) is -3.23. The first-order valence-electron chi connectivity index (χ1n) is 10.8. The number of Topliss-reactive ketones (excluding diaryl/α,β-unsaturated/α-hetero) is 1. The smallest absolute Gasteiger partial charge is 0.244 e. The van der Waals surface area contributed by atoms with Crippen molar-refractivity contribution in [3.63, 3.8) is 0 Å². The molecule has 0 aromatic heterocycles. The Hall–Kier alpha value is -3.25. The Labute approximate surface area is 203 Å². The summed E-state index contributed by atoms with van der Waals surface area (Å²) in [5.41, 5.74) is 0.260. The van der Waals surface area contributed by atoms with E-state index in [0.29, 0.717) is 6.42 Å². The molecule has 2 aliphatic heterocycles. The van der Waals surface area contributed by atoms with Crippen molar-refractivity contribution in [2.45, 2.75) is 25.2 Å². The van der Waals surface area contributed by atoms with Gasteiger partial charge < -0.3 is 10.2 Å². The highest BCUT2D eigenvalue weighted by atomic mass is 32.2. The number of fused-ring (bicyclic) bond motifs is 2. The maximum Gasteiger partial charge on any atom is 0.244 e. The van der Waals surface area contributed by atoms with E-state index in [2.05, 4.69) is 10.0 Å². The number of hydrogen-bond donors (Lipinski definition) is 2. The highest BCUT2D eigenvalue weighted by Crippen LogP contribution is 2.39. The lowest BCUT2D eigenvalue weighted by atomic mass is 9.87. The molecule has 2 N–H and O–H groups in total. The largest absolute Gasteiger partial charge is 0.356 e. The molecule has 0 radical (unpaired) electrons. The molecule has 2 aromatic carbocycles. The molecule has 2 heterocycles. The molecule has 0 bridgehead atoms. The van der Waals surface area contributed by atoms with Crippen molar-refractivity contribution in [2.75, 3.05) is 27.7 Å². The monoisotopic (exact) mass is 521 g/mol. The number of sulfonamides is 1. The summed E-state index contributed by atoms with van der Waals surface area (Å²) in [7, 11) is -7.79. The molecule has 0 fully saturated rings. The number of nitrogens with zero attached hydrogens (tertiary/aromatic N) is 1. The number of benzene rings is 2. The number of carbonyl (C=O) groups is 2. The first-order chi connectivity index (χ1) is 16.3. The van der Waals surface area contributed by atoms with E-state index in [1.54, 1.807) is 0 Å². The lowest BCUT2D eigenvalue weighted by Crippen LogP contribution is -2.47. The minimum absolute atomic E-state index is 0.00282. The van der Waals surface area contributed by atoms with E-state index in [1.165, 1.54) is 29.2 Å². The van der Waals surface area contributed by atoms with Crippen molar-refractivity contribution in [1.29, 1.82) is 0 Å². The van der Waals surface area contributed by atoms with Crippen LogP contribution in [0.4, 0.5) is 21.5 Å². The molecule has 186 valence electrons. The summed E-state index contributed by atoms with van der Waals surface area (Å²) >= 11 is 0. The summed E-state index contributed by atoms with van der Waals surface area (Å²) in [4.78, 5) is 28.0. The zero-order valence-corrected chi connectivity index (χ0v) is 20.8. The van der Waals surface area contributed by atoms with Crippen LogP contribution in [0.2, 0.25) is 0 Å². The molecule has 1 unspecified atom stereocenters. The SMILES string of the molecule is CC(C)CCN1C(=O)C(C2=CS(=O)(=O)c3cc(NS(C)(=O)=O)ccc3N2)C(=O)c2cc(F)ccc21. The average molecular weight is 522 g/mol.